The van der Waals surface area contributed by atoms with Gasteiger partial charge in [-0.15, -0.1) is 0 Å². The third kappa shape index (κ3) is 4.76. The van der Waals surface area contributed by atoms with Crippen LogP contribution in [-0.4, -0.2) is 51.7 Å². The van der Waals surface area contributed by atoms with Crippen LogP contribution in [0.15, 0.2) is 36.4 Å². The predicted molar refractivity (Wildman–Crippen MR) is 104 cm³/mol. The van der Waals surface area contributed by atoms with Crippen molar-refractivity contribution in [3.8, 4) is 0 Å². The van der Waals surface area contributed by atoms with Crippen molar-refractivity contribution in [2.45, 2.75) is 39.3 Å². The molecule has 0 aliphatic carbocycles. The molecule has 0 spiro atoms. The summed E-state index contributed by atoms with van der Waals surface area (Å²) in [6.07, 6.45) is 0.519. The van der Waals surface area contributed by atoms with Crippen molar-refractivity contribution in [3.05, 3.63) is 53.3 Å². The second-order valence-electron chi connectivity index (χ2n) is 6.93. The third-order valence-corrected chi connectivity index (χ3v) is 4.71. The second-order valence-corrected chi connectivity index (χ2v) is 6.93. The standard InChI is InChI=1S/C20H25N5O3/c1-14-12-15(2)25(23-14)11-9-21-18(26)13-17-19(27)24(20(28)22-17)10-8-16-6-4-3-5-7-16/h3-7,12,17H,8-11,13H2,1-2H3,(H,21,26)(H,22,28). The Balaban J connectivity index is 1.45. The summed E-state index contributed by atoms with van der Waals surface area (Å²) in [5.41, 5.74) is 3.01. The molecule has 0 radical (unpaired) electrons. The van der Waals surface area contributed by atoms with Crippen LogP contribution in [0.1, 0.15) is 23.4 Å². The number of imide groups is 1. The number of nitrogens with one attached hydrogen (secondary N) is 2. The first-order valence-electron chi connectivity index (χ1n) is 9.37. The Labute approximate surface area is 163 Å². The Morgan fingerprint density at radius 2 is 1.93 bits per heavy atom. The Morgan fingerprint density at radius 3 is 2.61 bits per heavy atom. The number of urea groups is 1. The monoisotopic (exact) mass is 383 g/mol. The van der Waals surface area contributed by atoms with Gasteiger partial charge in [0.1, 0.15) is 6.04 Å². The normalized spacial score (nSPS) is 16.4. The van der Waals surface area contributed by atoms with E-state index in [-0.39, 0.29) is 18.2 Å². The van der Waals surface area contributed by atoms with Crippen molar-refractivity contribution in [1.29, 1.82) is 0 Å². The van der Waals surface area contributed by atoms with Crippen molar-refractivity contribution in [2.24, 2.45) is 0 Å². The maximum Gasteiger partial charge on any atom is 0.324 e. The predicted octanol–water partition coefficient (Wildman–Crippen LogP) is 1.17. The van der Waals surface area contributed by atoms with Crippen LogP contribution in [0.5, 0.6) is 0 Å². The summed E-state index contributed by atoms with van der Waals surface area (Å²) in [4.78, 5) is 37.9. The van der Waals surface area contributed by atoms with Gasteiger partial charge in [0.15, 0.2) is 0 Å². The topological polar surface area (TPSA) is 96.3 Å². The summed E-state index contributed by atoms with van der Waals surface area (Å²) >= 11 is 0. The molecule has 2 heterocycles. The lowest BCUT2D eigenvalue weighted by Gasteiger charge is -2.13. The van der Waals surface area contributed by atoms with Crippen molar-refractivity contribution >= 4 is 17.8 Å². The van der Waals surface area contributed by atoms with Gasteiger partial charge in [0.2, 0.25) is 5.91 Å². The van der Waals surface area contributed by atoms with Gasteiger partial charge >= 0.3 is 6.03 Å². The molecule has 1 atom stereocenters. The number of nitrogens with zero attached hydrogens (tertiary/aromatic N) is 3. The van der Waals surface area contributed by atoms with Gasteiger partial charge < -0.3 is 10.6 Å². The van der Waals surface area contributed by atoms with Gasteiger partial charge in [0.05, 0.1) is 18.7 Å². The highest BCUT2D eigenvalue weighted by Crippen LogP contribution is 2.11. The van der Waals surface area contributed by atoms with Crippen molar-refractivity contribution in [1.82, 2.24) is 25.3 Å². The summed E-state index contributed by atoms with van der Waals surface area (Å²) in [5.74, 6) is -0.625. The molecule has 1 unspecified atom stereocenters. The number of hydrogen-bond acceptors (Lipinski definition) is 4. The highest BCUT2D eigenvalue weighted by molar-refractivity contribution is 6.05. The third-order valence-electron chi connectivity index (χ3n) is 4.71. The molecule has 0 saturated carbocycles. The molecule has 0 bridgehead atoms. The van der Waals surface area contributed by atoms with Crippen molar-refractivity contribution in [2.75, 3.05) is 13.1 Å². The molecule has 4 amide bonds. The quantitative estimate of drug-likeness (QED) is 0.669. The van der Waals surface area contributed by atoms with E-state index in [4.69, 9.17) is 0 Å². The van der Waals surface area contributed by atoms with E-state index in [1.54, 1.807) is 0 Å². The van der Waals surface area contributed by atoms with Gasteiger partial charge in [0, 0.05) is 18.8 Å². The minimum Gasteiger partial charge on any atom is -0.354 e. The lowest BCUT2D eigenvalue weighted by atomic mass is 10.1. The fraction of sp³-hybridized carbons (Fsp3) is 0.400. The molecule has 148 valence electrons. The van der Waals surface area contributed by atoms with Crippen LogP contribution in [0.3, 0.4) is 0 Å². The maximum atomic E-state index is 12.5. The summed E-state index contributed by atoms with van der Waals surface area (Å²) in [6.45, 7) is 5.14. The van der Waals surface area contributed by atoms with Crippen LogP contribution in [0.2, 0.25) is 0 Å². The van der Waals surface area contributed by atoms with Crippen LogP contribution in [0.4, 0.5) is 4.79 Å². The molecule has 1 saturated heterocycles. The number of carbonyl (C=O) groups excluding carboxylic acids is 3. The van der Waals surface area contributed by atoms with E-state index in [0.717, 1.165) is 17.0 Å². The average molecular weight is 383 g/mol. The molecule has 2 N–H and O–H groups in total. The fourth-order valence-electron chi connectivity index (χ4n) is 3.27. The number of aromatic nitrogens is 2. The smallest absolute Gasteiger partial charge is 0.324 e. The van der Waals surface area contributed by atoms with E-state index in [1.165, 1.54) is 4.90 Å². The number of hydrogen-bond donors (Lipinski definition) is 2. The molecule has 1 fully saturated rings. The first-order valence-corrected chi connectivity index (χ1v) is 9.37. The lowest BCUT2D eigenvalue weighted by Crippen LogP contribution is -2.37. The van der Waals surface area contributed by atoms with Gasteiger partial charge in [-0.3, -0.25) is 19.2 Å². The van der Waals surface area contributed by atoms with Crippen molar-refractivity contribution in [3.63, 3.8) is 0 Å². The zero-order valence-corrected chi connectivity index (χ0v) is 16.1. The SMILES string of the molecule is Cc1cc(C)n(CCNC(=O)CC2NC(=O)N(CCc3ccccc3)C2=O)n1. The molecule has 8 heteroatoms. The Hall–Kier alpha value is -3.16. The Morgan fingerprint density at radius 1 is 1.18 bits per heavy atom. The van der Waals surface area contributed by atoms with E-state index in [2.05, 4.69) is 15.7 Å². The minimum absolute atomic E-state index is 0.0659. The number of carbonyl (C=O) groups is 3. The summed E-state index contributed by atoms with van der Waals surface area (Å²) < 4.78 is 1.82. The Kier molecular flexibility index (Phi) is 6.08. The molecule has 1 aromatic heterocycles. The van der Waals surface area contributed by atoms with E-state index >= 15 is 0 Å². The molecular formula is C20H25N5O3. The van der Waals surface area contributed by atoms with Crippen molar-refractivity contribution < 1.29 is 14.4 Å². The first kappa shape index (κ1) is 19.6. The molecule has 28 heavy (non-hydrogen) atoms. The number of amides is 4. The van der Waals surface area contributed by atoms with Crippen LogP contribution in [0.25, 0.3) is 0 Å². The van der Waals surface area contributed by atoms with Crippen LogP contribution >= 0.6 is 0 Å². The molecule has 3 rings (SSSR count). The summed E-state index contributed by atoms with van der Waals surface area (Å²) in [5, 5.41) is 9.72. The summed E-state index contributed by atoms with van der Waals surface area (Å²) in [6, 6.07) is 10.4. The van der Waals surface area contributed by atoms with Gasteiger partial charge in [-0.1, -0.05) is 30.3 Å². The number of rotatable bonds is 8. The second kappa shape index (κ2) is 8.69. The zero-order chi connectivity index (χ0) is 20.1. The van der Waals surface area contributed by atoms with E-state index in [1.807, 2.05) is 54.9 Å². The van der Waals surface area contributed by atoms with Gasteiger partial charge in [-0.05, 0) is 31.9 Å². The number of aryl methyl sites for hydroxylation is 2. The molecule has 1 aliphatic heterocycles. The van der Waals surface area contributed by atoms with Crippen LogP contribution in [0, 0.1) is 13.8 Å². The van der Waals surface area contributed by atoms with Gasteiger partial charge in [0.25, 0.3) is 5.91 Å². The molecule has 2 aromatic rings. The molecular weight excluding hydrogens is 358 g/mol. The maximum absolute atomic E-state index is 12.5. The fourth-order valence-corrected chi connectivity index (χ4v) is 3.27. The molecule has 8 nitrogen and oxygen atoms in total. The highest BCUT2D eigenvalue weighted by Gasteiger charge is 2.38. The first-order chi connectivity index (χ1) is 13.4. The van der Waals surface area contributed by atoms with E-state index in [0.29, 0.717) is 26.1 Å². The largest absolute Gasteiger partial charge is 0.354 e. The van der Waals surface area contributed by atoms with Gasteiger partial charge in [-0.25, -0.2) is 4.79 Å². The highest BCUT2D eigenvalue weighted by atomic mass is 16.2. The zero-order valence-electron chi connectivity index (χ0n) is 16.1. The average Bonchev–Trinajstić information content (AvgIpc) is 3.12. The van der Waals surface area contributed by atoms with E-state index in [9.17, 15) is 14.4 Å². The lowest BCUT2D eigenvalue weighted by molar-refractivity contribution is -0.130. The van der Waals surface area contributed by atoms with Crippen LogP contribution in [-0.2, 0) is 22.6 Å². The van der Waals surface area contributed by atoms with E-state index < -0.39 is 12.1 Å². The number of benzene rings is 1. The van der Waals surface area contributed by atoms with Gasteiger partial charge in [-0.2, -0.15) is 5.10 Å². The minimum atomic E-state index is -0.808. The molecule has 1 aliphatic rings. The Bertz CT molecular complexity index is 862. The molecule has 1 aromatic carbocycles. The summed E-state index contributed by atoms with van der Waals surface area (Å²) in [7, 11) is 0. The van der Waals surface area contributed by atoms with Crippen LogP contribution < -0.4 is 10.6 Å².